The Morgan fingerprint density at radius 3 is 2.67 bits per heavy atom. The number of rotatable bonds is 4. The van der Waals surface area contributed by atoms with E-state index in [9.17, 15) is 9.59 Å². The zero-order valence-electron chi connectivity index (χ0n) is 11.9. The van der Waals surface area contributed by atoms with Crippen molar-refractivity contribution < 1.29 is 14.3 Å². The van der Waals surface area contributed by atoms with E-state index in [0.717, 1.165) is 11.1 Å². The van der Waals surface area contributed by atoms with Crippen molar-refractivity contribution in [2.24, 2.45) is 0 Å². The number of aromatic nitrogens is 1. The summed E-state index contributed by atoms with van der Waals surface area (Å²) in [6.45, 7) is 3.37. The number of anilines is 1. The number of hydrogen-bond acceptors (Lipinski definition) is 4. The highest BCUT2D eigenvalue weighted by Gasteiger charge is 2.12. The second-order valence-corrected chi connectivity index (χ2v) is 4.55. The predicted molar refractivity (Wildman–Crippen MR) is 78.8 cm³/mol. The van der Waals surface area contributed by atoms with Gasteiger partial charge in [0.2, 0.25) is 0 Å². The lowest BCUT2D eigenvalue weighted by Gasteiger charge is -2.13. The van der Waals surface area contributed by atoms with Gasteiger partial charge in [-0.1, -0.05) is 18.2 Å². The standard InChI is InChI=1S/C16H16N2O3/c1-11-6-5-8-14(13(11)10-21-12(2)19)18-16(20)15-7-3-4-9-17-15/h3-9H,10H2,1-2H3,(H,18,20). The van der Waals surface area contributed by atoms with Crippen molar-refractivity contribution in [3.8, 4) is 0 Å². The van der Waals surface area contributed by atoms with E-state index in [1.165, 1.54) is 6.92 Å². The third kappa shape index (κ3) is 3.89. The molecule has 5 heteroatoms. The second-order valence-electron chi connectivity index (χ2n) is 4.55. The summed E-state index contributed by atoms with van der Waals surface area (Å²) in [7, 11) is 0. The number of carbonyl (C=O) groups is 2. The van der Waals surface area contributed by atoms with Gasteiger partial charge in [0.25, 0.3) is 5.91 Å². The van der Waals surface area contributed by atoms with Crippen molar-refractivity contribution >= 4 is 17.6 Å². The van der Waals surface area contributed by atoms with Crippen LogP contribution in [0.5, 0.6) is 0 Å². The van der Waals surface area contributed by atoms with E-state index in [0.29, 0.717) is 11.4 Å². The number of nitrogens with zero attached hydrogens (tertiary/aromatic N) is 1. The molecule has 0 aliphatic heterocycles. The van der Waals surface area contributed by atoms with Gasteiger partial charge >= 0.3 is 5.97 Å². The van der Waals surface area contributed by atoms with Crippen LogP contribution in [-0.2, 0) is 16.1 Å². The first-order valence-corrected chi connectivity index (χ1v) is 6.52. The van der Waals surface area contributed by atoms with Crippen molar-refractivity contribution in [3.63, 3.8) is 0 Å². The molecule has 0 saturated carbocycles. The van der Waals surface area contributed by atoms with Gasteiger partial charge in [-0.25, -0.2) is 0 Å². The van der Waals surface area contributed by atoms with Crippen LogP contribution in [0.25, 0.3) is 0 Å². The minimum absolute atomic E-state index is 0.125. The predicted octanol–water partition coefficient (Wildman–Crippen LogP) is 2.71. The molecule has 0 aliphatic rings. The van der Waals surface area contributed by atoms with Gasteiger partial charge in [-0.2, -0.15) is 0 Å². The zero-order chi connectivity index (χ0) is 15.2. The molecule has 0 aliphatic carbocycles. The average Bonchev–Trinajstić information content (AvgIpc) is 2.47. The maximum absolute atomic E-state index is 12.1. The molecule has 2 rings (SSSR count). The van der Waals surface area contributed by atoms with Crippen molar-refractivity contribution in [1.82, 2.24) is 4.98 Å². The van der Waals surface area contributed by atoms with E-state index in [1.807, 2.05) is 19.1 Å². The Kier molecular flexibility index (Phi) is 4.66. The van der Waals surface area contributed by atoms with E-state index in [1.54, 1.807) is 30.5 Å². The van der Waals surface area contributed by atoms with Crippen LogP contribution in [0.2, 0.25) is 0 Å². The molecule has 1 heterocycles. The molecule has 0 unspecified atom stereocenters. The van der Waals surface area contributed by atoms with Crippen LogP contribution in [0.1, 0.15) is 28.5 Å². The molecule has 0 saturated heterocycles. The van der Waals surface area contributed by atoms with Crippen molar-refractivity contribution in [1.29, 1.82) is 0 Å². The third-order valence-corrected chi connectivity index (χ3v) is 2.98. The molecular formula is C16H16N2O3. The van der Waals surface area contributed by atoms with Gasteiger partial charge in [0.05, 0.1) is 0 Å². The summed E-state index contributed by atoms with van der Waals surface area (Å²) in [4.78, 5) is 27.1. The van der Waals surface area contributed by atoms with E-state index in [4.69, 9.17) is 4.74 Å². The Balaban J connectivity index is 2.21. The quantitative estimate of drug-likeness (QED) is 0.876. The van der Waals surface area contributed by atoms with E-state index >= 15 is 0 Å². The van der Waals surface area contributed by atoms with Gasteiger partial charge in [0.1, 0.15) is 12.3 Å². The summed E-state index contributed by atoms with van der Waals surface area (Å²) < 4.78 is 5.03. The summed E-state index contributed by atoms with van der Waals surface area (Å²) in [5, 5.41) is 2.80. The number of ether oxygens (including phenoxy) is 1. The number of amides is 1. The Morgan fingerprint density at radius 1 is 1.19 bits per heavy atom. The molecule has 0 spiro atoms. The van der Waals surface area contributed by atoms with Gasteiger partial charge in [0, 0.05) is 24.4 Å². The van der Waals surface area contributed by atoms with Crippen molar-refractivity contribution in [2.75, 3.05) is 5.32 Å². The molecule has 0 atom stereocenters. The molecule has 1 amide bonds. The van der Waals surface area contributed by atoms with Crippen LogP contribution in [-0.4, -0.2) is 16.9 Å². The summed E-state index contributed by atoms with van der Waals surface area (Å²) in [6.07, 6.45) is 1.56. The average molecular weight is 284 g/mol. The summed E-state index contributed by atoms with van der Waals surface area (Å²) in [6, 6.07) is 10.6. The number of pyridine rings is 1. The number of aryl methyl sites for hydroxylation is 1. The SMILES string of the molecule is CC(=O)OCc1c(C)cccc1NC(=O)c1ccccn1. The minimum Gasteiger partial charge on any atom is -0.461 e. The maximum Gasteiger partial charge on any atom is 0.302 e. The summed E-state index contributed by atoms with van der Waals surface area (Å²) >= 11 is 0. The fourth-order valence-corrected chi connectivity index (χ4v) is 1.87. The fraction of sp³-hybridized carbons (Fsp3) is 0.188. The van der Waals surface area contributed by atoms with Crippen LogP contribution in [0, 0.1) is 6.92 Å². The van der Waals surface area contributed by atoms with Crippen LogP contribution in [0.15, 0.2) is 42.6 Å². The van der Waals surface area contributed by atoms with Crippen molar-refractivity contribution in [3.05, 3.63) is 59.4 Å². The largest absolute Gasteiger partial charge is 0.461 e. The molecule has 1 N–H and O–H groups in total. The Hall–Kier alpha value is -2.69. The zero-order valence-corrected chi connectivity index (χ0v) is 11.9. The maximum atomic E-state index is 12.1. The molecule has 1 aromatic heterocycles. The first kappa shape index (κ1) is 14.7. The number of nitrogens with one attached hydrogen (secondary N) is 1. The van der Waals surface area contributed by atoms with Gasteiger partial charge < -0.3 is 10.1 Å². The Labute approximate surface area is 123 Å². The van der Waals surface area contributed by atoms with Gasteiger partial charge in [-0.05, 0) is 30.7 Å². The number of hydrogen-bond donors (Lipinski definition) is 1. The van der Waals surface area contributed by atoms with Gasteiger partial charge in [0.15, 0.2) is 0 Å². The number of esters is 1. The minimum atomic E-state index is -0.361. The van der Waals surface area contributed by atoms with E-state index < -0.39 is 0 Å². The van der Waals surface area contributed by atoms with E-state index in [-0.39, 0.29) is 18.5 Å². The molecule has 0 fully saturated rings. The van der Waals surface area contributed by atoms with Crippen LogP contribution in [0.4, 0.5) is 5.69 Å². The third-order valence-electron chi connectivity index (χ3n) is 2.98. The van der Waals surface area contributed by atoms with Gasteiger partial charge in [-0.3, -0.25) is 14.6 Å². The molecule has 108 valence electrons. The van der Waals surface area contributed by atoms with E-state index in [2.05, 4.69) is 10.3 Å². The molecule has 0 bridgehead atoms. The second kappa shape index (κ2) is 6.65. The molecular weight excluding hydrogens is 268 g/mol. The first-order valence-electron chi connectivity index (χ1n) is 6.52. The fourth-order valence-electron chi connectivity index (χ4n) is 1.87. The highest BCUT2D eigenvalue weighted by atomic mass is 16.5. The smallest absolute Gasteiger partial charge is 0.302 e. The van der Waals surface area contributed by atoms with Crippen LogP contribution < -0.4 is 5.32 Å². The monoisotopic (exact) mass is 284 g/mol. The van der Waals surface area contributed by atoms with Gasteiger partial charge in [-0.15, -0.1) is 0 Å². The summed E-state index contributed by atoms with van der Waals surface area (Å²) in [5.41, 5.74) is 2.66. The summed E-state index contributed by atoms with van der Waals surface area (Å²) in [5.74, 6) is -0.662. The first-order chi connectivity index (χ1) is 10.1. The molecule has 0 radical (unpaired) electrons. The number of benzene rings is 1. The normalized spacial score (nSPS) is 10.0. The molecule has 21 heavy (non-hydrogen) atoms. The highest BCUT2D eigenvalue weighted by Crippen LogP contribution is 2.21. The topological polar surface area (TPSA) is 68.3 Å². The highest BCUT2D eigenvalue weighted by molar-refractivity contribution is 6.03. The van der Waals surface area contributed by atoms with Crippen LogP contribution >= 0.6 is 0 Å². The lowest BCUT2D eigenvalue weighted by molar-refractivity contribution is -0.142. The number of carbonyl (C=O) groups excluding carboxylic acids is 2. The molecule has 1 aromatic carbocycles. The molecule has 5 nitrogen and oxygen atoms in total. The van der Waals surface area contributed by atoms with Crippen molar-refractivity contribution in [2.45, 2.75) is 20.5 Å². The Morgan fingerprint density at radius 2 is 2.00 bits per heavy atom. The van der Waals surface area contributed by atoms with Crippen LogP contribution in [0.3, 0.4) is 0 Å². The lowest BCUT2D eigenvalue weighted by Crippen LogP contribution is -2.15. The lowest BCUT2D eigenvalue weighted by atomic mass is 10.1. The molecule has 2 aromatic rings. The Bertz CT molecular complexity index is 654.